The van der Waals surface area contributed by atoms with Crippen molar-refractivity contribution in [3.05, 3.63) is 117 Å². The first-order valence-electron chi connectivity index (χ1n) is 21.4. The van der Waals surface area contributed by atoms with Crippen LogP contribution in [0.2, 0.25) is 0 Å². The van der Waals surface area contributed by atoms with Crippen LogP contribution >= 0.6 is 17.2 Å². The van der Waals surface area contributed by atoms with Crippen LogP contribution < -0.4 is 20.1 Å². The largest absolute Gasteiger partial charge is 0.497 e. The third-order valence-electron chi connectivity index (χ3n) is 11.9. The highest BCUT2D eigenvalue weighted by atomic mass is 31.1. The van der Waals surface area contributed by atoms with E-state index >= 15 is 0 Å². The lowest BCUT2D eigenvalue weighted by molar-refractivity contribution is 0.414. The predicted octanol–water partition coefficient (Wildman–Crippen LogP) is 14.2. The summed E-state index contributed by atoms with van der Waals surface area (Å²) in [6.45, 7) is 43.2. The Balaban J connectivity index is 1.90. The van der Waals surface area contributed by atoms with E-state index < -0.39 is 0 Å². The van der Waals surface area contributed by atoms with E-state index in [2.05, 4.69) is 197 Å². The summed E-state index contributed by atoms with van der Waals surface area (Å²) < 4.78 is 11.4. The van der Waals surface area contributed by atoms with Crippen molar-refractivity contribution in [3.63, 3.8) is 0 Å². The van der Waals surface area contributed by atoms with Gasteiger partial charge in [-0.2, -0.15) is 0 Å². The maximum Gasteiger partial charge on any atom is 0.118 e. The highest BCUT2D eigenvalue weighted by Gasteiger charge is 2.45. The predicted molar refractivity (Wildman–Crippen MR) is 261 cm³/mol. The SMILES string of the molecule is COc1ccc(C2=C(c3ccc(OC)cc3)C(Pc3c(C(C)(C)C)cc(C(C)(C)C)cc3C(C)(C)C)C2Pc2c(C(C)(C)C)cc(C(C)(C)C)cc2C(C)(C)C)cc1. The number of methoxy groups -OCH3 is 2. The number of benzene rings is 4. The van der Waals surface area contributed by atoms with Crippen molar-refractivity contribution in [1.82, 2.24) is 0 Å². The Bertz CT molecular complexity index is 1900. The molecule has 4 aromatic carbocycles. The molecule has 0 aromatic heterocycles. The Morgan fingerprint density at radius 1 is 0.362 bits per heavy atom. The zero-order valence-corrected chi connectivity index (χ0v) is 41.9. The first-order chi connectivity index (χ1) is 26.5. The minimum atomic E-state index is -0.0183. The van der Waals surface area contributed by atoms with E-state index in [1.807, 2.05) is 0 Å². The van der Waals surface area contributed by atoms with E-state index in [-0.39, 0.29) is 32.5 Å². The molecule has 0 saturated carbocycles. The monoisotopic (exact) mass is 819 g/mol. The topological polar surface area (TPSA) is 18.5 Å². The lowest BCUT2D eigenvalue weighted by atomic mass is 9.75. The van der Waals surface area contributed by atoms with Gasteiger partial charge in [-0.05, 0) is 123 Å². The lowest BCUT2D eigenvalue weighted by Crippen LogP contribution is -2.40. The molecule has 314 valence electrons. The average Bonchev–Trinajstić information content (AvgIpc) is 3.09. The minimum Gasteiger partial charge on any atom is -0.497 e. The molecule has 0 heterocycles. The number of ether oxygens (including phenoxy) is 2. The molecule has 0 spiro atoms. The van der Waals surface area contributed by atoms with Crippen molar-refractivity contribution in [3.8, 4) is 11.5 Å². The highest BCUT2D eigenvalue weighted by molar-refractivity contribution is 7.54. The van der Waals surface area contributed by atoms with Crippen LogP contribution in [0.3, 0.4) is 0 Å². The van der Waals surface area contributed by atoms with Crippen molar-refractivity contribution in [1.29, 1.82) is 0 Å². The van der Waals surface area contributed by atoms with Crippen molar-refractivity contribution >= 4 is 38.9 Å². The molecular formula is C54H76O2P2. The van der Waals surface area contributed by atoms with Gasteiger partial charge in [-0.15, -0.1) is 0 Å². The Hall–Kier alpha value is -2.92. The van der Waals surface area contributed by atoms with Gasteiger partial charge in [0.15, 0.2) is 0 Å². The quantitative estimate of drug-likeness (QED) is 0.165. The van der Waals surface area contributed by atoms with Crippen LogP contribution in [0.25, 0.3) is 11.1 Å². The van der Waals surface area contributed by atoms with Gasteiger partial charge in [0.05, 0.1) is 14.2 Å². The third-order valence-corrected chi connectivity index (χ3v) is 15.7. The van der Waals surface area contributed by atoms with E-state index in [0.717, 1.165) is 11.5 Å². The van der Waals surface area contributed by atoms with Crippen LogP contribution in [0.4, 0.5) is 0 Å². The second-order valence-corrected chi connectivity index (χ2v) is 25.7. The van der Waals surface area contributed by atoms with Crippen molar-refractivity contribution in [2.75, 3.05) is 14.2 Å². The molecule has 1 aliphatic rings. The lowest BCUT2D eigenvalue weighted by Gasteiger charge is -2.46. The summed E-state index contributed by atoms with van der Waals surface area (Å²) in [5.74, 6) is 1.77. The average molecular weight is 819 g/mol. The van der Waals surface area contributed by atoms with Crippen LogP contribution in [0.1, 0.15) is 169 Å². The van der Waals surface area contributed by atoms with Crippen LogP contribution in [-0.4, -0.2) is 25.5 Å². The van der Waals surface area contributed by atoms with Crippen LogP contribution in [0, 0.1) is 0 Å². The third kappa shape index (κ3) is 9.82. The molecule has 0 aliphatic heterocycles. The van der Waals surface area contributed by atoms with Gasteiger partial charge in [-0.1, -0.05) is 190 Å². The summed E-state index contributed by atoms with van der Waals surface area (Å²) in [5.41, 5.74) is 15.1. The molecule has 4 heteroatoms. The van der Waals surface area contributed by atoms with E-state index in [0.29, 0.717) is 28.5 Å². The Labute approximate surface area is 358 Å². The molecule has 0 N–H and O–H groups in total. The van der Waals surface area contributed by atoms with Crippen LogP contribution in [0.15, 0.2) is 72.8 Å². The van der Waals surface area contributed by atoms with Gasteiger partial charge in [-0.3, -0.25) is 0 Å². The summed E-state index contributed by atoms with van der Waals surface area (Å²) in [5, 5.41) is 3.12. The first-order valence-corrected chi connectivity index (χ1v) is 23.6. The molecule has 4 unspecified atom stereocenters. The second-order valence-electron chi connectivity index (χ2n) is 22.9. The van der Waals surface area contributed by atoms with Gasteiger partial charge in [0, 0.05) is 11.3 Å². The van der Waals surface area contributed by atoms with E-state index in [1.165, 1.54) is 55.7 Å². The van der Waals surface area contributed by atoms with Gasteiger partial charge < -0.3 is 9.47 Å². The summed E-state index contributed by atoms with van der Waals surface area (Å²) >= 11 is 0. The summed E-state index contributed by atoms with van der Waals surface area (Å²) in [4.78, 5) is 0. The van der Waals surface area contributed by atoms with E-state index in [9.17, 15) is 0 Å². The zero-order valence-electron chi connectivity index (χ0n) is 39.9. The van der Waals surface area contributed by atoms with Gasteiger partial charge in [0.1, 0.15) is 11.5 Å². The van der Waals surface area contributed by atoms with Gasteiger partial charge in [0.2, 0.25) is 0 Å². The number of rotatable bonds is 8. The molecule has 0 bridgehead atoms. The Morgan fingerprint density at radius 3 is 0.793 bits per heavy atom. The van der Waals surface area contributed by atoms with Gasteiger partial charge in [-0.25, -0.2) is 0 Å². The first kappa shape index (κ1) is 46.2. The Morgan fingerprint density at radius 2 is 0.603 bits per heavy atom. The van der Waals surface area contributed by atoms with Crippen LogP contribution in [-0.2, 0) is 32.5 Å². The Kier molecular flexibility index (Phi) is 12.9. The highest BCUT2D eigenvalue weighted by Crippen LogP contribution is 2.59. The number of hydrogen-bond acceptors (Lipinski definition) is 2. The molecular weight excluding hydrogens is 743 g/mol. The molecule has 2 nitrogen and oxygen atoms in total. The fraction of sp³-hybridized carbons (Fsp3) is 0.519. The molecule has 0 saturated heterocycles. The summed E-state index contributed by atoms with van der Waals surface area (Å²) in [7, 11) is 4.72. The molecule has 4 aromatic rings. The standard InChI is InChI=1S/C54H76O2P2/c1-49(2,3)35-29-39(51(7,8)9)45(40(30-35)52(10,11)12)57-47-43(33-21-25-37(55-19)26-22-33)44(34-23-27-38(56-20)28-24-34)48(47)58-46-41(53(13,14)15)31-36(50(4,5)6)32-42(46)54(16,17)18/h21-32,47-48,57-58H,1-20H3. The van der Waals surface area contributed by atoms with E-state index in [4.69, 9.17) is 9.47 Å². The van der Waals surface area contributed by atoms with Gasteiger partial charge in [0.25, 0.3) is 0 Å². The fourth-order valence-corrected chi connectivity index (χ4v) is 13.4. The number of allylic oxidation sites excluding steroid dienone is 2. The summed E-state index contributed by atoms with van der Waals surface area (Å²) in [6, 6.07) is 28.0. The minimum absolute atomic E-state index is 0.0183. The fourth-order valence-electron chi connectivity index (χ4n) is 8.23. The molecule has 1 aliphatic carbocycles. The van der Waals surface area contributed by atoms with Crippen molar-refractivity contribution in [2.24, 2.45) is 0 Å². The molecule has 0 fully saturated rings. The molecule has 0 amide bonds. The van der Waals surface area contributed by atoms with Gasteiger partial charge >= 0.3 is 0 Å². The zero-order chi connectivity index (χ0) is 43.6. The van der Waals surface area contributed by atoms with Crippen molar-refractivity contribution in [2.45, 2.75) is 168 Å². The summed E-state index contributed by atoms with van der Waals surface area (Å²) in [6.07, 6.45) is 0. The maximum absolute atomic E-state index is 5.70. The second kappa shape index (κ2) is 16.2. The number of hydrogen-bond donors (Lipinski definition) is 0. The normalized spacial score (nSPS) is 17.4. The molecule has 5 rings (SSSR count). The smallest absolute Gasteiger partial charge is 0.118 e. The molecule has 4 atom stereocenters. The van der Waals surface area contributed by atoms with Crippen molar-refractivity contribution < 1.29 is 9.47 Å². The maximum atomic E-state index is 5.70. The van der Waals surface area contributed by atoms with Crippen LogP contribution in [0.5, 0.6) is 11.5 Å². The van der Waals surface area contributed by atoms with E-state index in [1.54, 1.807) is 24.8 Å². The molecule has 0 radical (unpaired) electrons. The molecule has 58 heavy (non-hydrogen) atoms.